The molecule has 1 fully saturated rings. The summed E-state index contributed by atoms with van der Waals surface area (Å²) in [7, 11) is 0. The molecule has 4 nitrogen and oxygen atoms in total. The summed E-state index contributed by atoms with van der Waals surface area (Å²) in [5.74, 6) is 0.446. The van der Waals surface area contributed by atoms with Crippen molar-refractivity contribution in [3.05, 3.63) is 11.1 Å². The average Bonchev–Trinajstić information content (AvgIpc) is 2.71. The van der Waals surface area contributed by atoms with Gasteiger partial charge in [0, 0.05) is 18.3 Å². The number of carbonyl (C=O) groups excluding carboxylic acids is 1. The van der Waals surface area contributed by atoms with Gasteiger partial charge in [0.15, 0.2) is 5.13 Å². The van der Waals surface area contributed by atoms with Crippen LogP contribution in [-0.4, -0.2) is 24.0 Å². The van der Waals surface area contributed by atoms with Gasteiger partial charge in [-0.05, 0) is 19.4 Å². The van der Waals surface area contributed by atoms with Crippen molar-refractivity contribution in [1.29, 1.82) is 0 Å². The van der Waals surface area contributed by atoms with E-state index in [1.54, 1.807) is 4.90 Å². The van der Waals surface area contributed by atoms with Gasteiger partial charge in [0.1, 0.15) is 0 Å². The summed E-state index contributed by atoms with van der Waals surface area (Å²) in [5, 5.41) is 2.77. The lowest BCUT2D eigenvalue weighted by atomic mass is 10.1. The lowest BCUT2D eigenvalue weighted by Gasteiger charge is -2.11. The Kier molecular flexibility index (Phi) is 2.52. The Morgan fingerprint density at radius 2 is 2.57 bits per heavy atom. The fourth-order valence-corrected chi connectivity index (χ4v) is 2.42. The molecule has 0 saturated carbocycles. The molecule has 0 aliphatic carbocycles. The van der Waals surface area contributed by atoms with Crippen molar-refractivity contribution in [2.24, 2.45) is 11.7 Å². The Hall–Kier alpha value is -0.940. The third-order valence-corrected chi connectivity index (χ3v) is 3.36. The van der Waals surface area contributed by atoms with E-state index in [4.69, 9.17) is 5.73 Å². The summed E-state index contributed by atoms with van der Waals surface area (Å²) in [6.07, 6.45) is 0.565. The van der Waals surface area contributed by atoms with Crippen molar-refractivity contribution in [1.82, 2.24) is 4.98 Å². The molecule has 1 atom stereocenters. The first kappa shape index (κ1) is 9.61. The first-order valence-electron chi connectivity index (χ1n) is 4.63. The molecule has 1 amide bonds. The number of carbonyl (C=O) groups is 1. The van der Waals surface area contributed by atoms with Crippen molar-refractivity contribution < 1.29 is 4.79 Å². The van der Waals surface area contributed by atoms with Gasteiger partial charge in [-0.2, -0.15) is 0 Å². The van der Waals surface area contributed by atoms with E-state index >= 15 is 0 Å². The normalized spacial score (nSPS) is 22.0. The van der Waals surface area contributed by atoms with E-state index in [0.717, 1.165) is 17.4 Å². The second-order valence-electron chi connectivity index (χ2n) is 3.58. The van der Waals surface area contributed by atoms with Crippen LogP contribution < -0.4 is 10.6 Å². The topological polar surface area (TPSA) is 59.2 Å². The van der Waals surface area contributed by atoms with Gasteiger partial charge >= 0.3 is 0 Å². The fourth-order valence-electron chi connectivity index (χ4n) is 1.59. The molecule has 1 aromatic heterocycles. The van der Waals surface area contributed by atoms with Crippen molar-refractivity contribution in [2.45, 2.75) is 13.3 Å². The number of aryl methyl sites for hydroxylation is 1. The Balaban J connectivity index is 2.16. The lowest BCUT2D eigenvalue weighted by molar-refractivity contribution is -0.117. The predicted octanol–water partition coefficient (Wildman–Crippen LogP) is 0.763. The Labute approximate surface area is 86.7 Å². The minimum Gasteiger partial charge on any atom is -0.330 e. The molecule has 2 rings (SSSR count). The van der Waals surface area contributed by atoms with Crippen LogP contribution in [-0.2, 0) is 4.79 Å². The molecule has 14 heavy (non-hydrogen) atoms. The highest BCUT2D eigenvalue weighted by atomic mass is 32.1. The molecule has 1 aliphatic heterocycles. The Morgan fingerprint density at radius 3 is 3.07 bits per heavy atom. The fraction of sp³-hybridized carbons (Fsp3) is 0.556. The van der Waals surface area contributed by atoms with Crippen molar-refractivity contribution in [2.75, 3.05) is 18.0 Å². The highest BCUT2D eigenvalue weighted by molar-refractivity contribution is 7.14. The standard InChI is InChI=1S/C9H13N3OS/c1-6-5-14-9(11-6)12-4-7(3-10)2-8(12)13/h5,7H,2-4,10H2,1H3. The third-order valence-electron chi connectivity index (χ3n) is 2.38. The molecule has 0 bridgehead atoms. The first-order chi connectivity index (χ1) is 6.70. The van der Waals surface area contributed by atoms with E-state index in [1.807, 2.05) is 12.3 Å². The number of nitrogens with zero attached hydrogens (tertiary/aromatic N) is 2. The van der Waals surface area contributed by atoms with E-state index in [9.17, 15) is 4.79 Å². The summed E-state index contributed by atoms with van der Waals surface area (Å²) >= 11 is 1.52. The van der Waals surface area contributed by atoms with Crippen molar-refractivity contribution in [3.63, 3.8) is 0 Å². The Bertz CT molecular complexity index is 350. The quantitative estimate of drug-likeness (QED) is 0.785. The number of nitrogens with two attached hydrogens (primary N) is 1. The number of anilines is 1. The van der Waals surface area contributed by atoms with E-state index in [1.165, 1.54) is 11.3 Å². The summed E-state index contributed by atoms with van der Waals surface area (Å²) in [6, 6.07) is 0. The number of rotatable bonds is 2. The maximum Gasteiger partial charge on any atom is 0.229 e. The van der Waals surface area contributed by atoms with Gasteiger partial charge in [0.25, 0.3) is 0 Å². The van der Waals surface area contributed by atoms with Crippen LogP contribution in [0.15, 0.2) is 5.38 Å². The summed E-state index contributed by atoms with van der Waals surface area (Å²) < 4.78 is 0. The van der Waals surface area contributed by atoms with E-state index in [0.29, 0.717) is 18.9 Å². The van der Waals surface area contributed by atoms with Crippen LogP contribution in [0.3, 0.4) is 0 Å². The molecule has 0 spiro atoms. The maximum atomic E-state index is 11.6. The summed E-state index contributed by atoms with van der Waals surface area (Å²) in [6.45, 7) is 3.23. The molecular weight excluding hydrogens is 198 g/mol. The minimum absolute atomic E-state index is 0.148. The van der Waals surface area contributed by atoms with Gasteiger partial charge in [-0.25, -0.2) is 4.98 Å². The SMILES string of the molecule is Cc1csc(N2CC(CN)CC2=O)n1. The zero-order valence-electron chi connectivity index (χ0n) is 8.06. The van der Waals surface area contributed by atoms with Crippen LogP contribution >= 0.6 is 11.3 Å². The number of hydrogen-bond donors (Lipinski definition) is 1. The summed E-state index contributed by atoms with van der Waals surface area (Å²) in [4.78, 5) is 17.6. The van der Waals surface area contributed by atoms with Crippen LogP contribution in [0.4, 0.5) is 5.13 Å². The smallest absolute Gasteiger partial charge is 0.229 e. The second-order valence-corrected chi connectivity index (χ2v) is 4.42. The molecular formula is C9H13N3OS. The van der Waals surface area contributed by atoms with E-state index < -0.39 is 0 Å². The summed E-state index contributed by atoms with van der Waals surface area (Å²) in [5.41, 5.74) is 6.51. The lowest BCUT2D eigenvalue weighted by Crippen LogP contribution is -2.25. The number of hydrogen-bond acceptors (Lipinski definition) is 4. The van der Waals surface area contributed by atoms with Gasteiger partial charge in [-0.15, -0.1) is 11.3 Å². The average molecular weight is 211 g/mol. The largest absolute Gasteiger partial charge is 0.330 e. The second kappa shape index (κ2) is 3.67. The maximum absolute atomic E-state index is 11.6. The highest BCUT2D eigenvalue weighted by Gasteiger charge is 2.30. The van der Waals surface area contributed by atoms with Gasteiger partial charge < -0.3 is 5.73 Å². The highest BCUT2D eigenvalue weighted by Crippen LogP contribution is 2.27. The first-order valence-corrected chi connectivity index (χ1v) is 5.51. The zero-order chi connectivity index (χ0) is 10.1. The molecule has 2 N–H and O–H groups in total. The van der Waals surface area contributed by atoms with Gasteiger partial charge in [0.2, 0.25) is 5.91 Å². The number of thiazole rings is 1. The van der Waals surface area contributed by atoms with Crippen LogP contribution in [0.5, 0.6) is 0 Å². The minimum atomic E-state index is 0.148. The van der Waals surface area contributed by atoms with Crippen LogP contribution in [0, 0.1) is 12.8 Å². The number of aromatic nitrogens is 1. The molecule has 5 heteroatoms. The molecule has 1 unspecified atom stereocenters. The molecule has 76 valence electrons. The molecule has 2 heterocycles. The molecule has 0 radical (unpaired) electrons. The van der Waals surface area contributed by atoms with Crippen molar-refractivity contribution in [3.8, 4) is 0 Å². The van der Waals surface area contributed by atoms with E-state index in [2.05, 4.69) is 4.98 Å². The van der Waals surface area contributed by atoms with Crippen LogP contribution in [0.2, 0.25) is 0 Å². The molecule has 1 aromatic rings. The number of amides is 1. The molecule has 1 saturated heterocycles. The predicted molar refractivity (Wildman–Crippen MR) is 56.4 cm³/mol. The van der Waals surface area contributed by atoms with Gasteiger partial charge in [-0.1, -0.05) is 0 Å². The van der Waals surface area contributed by atoms with Crippen molar-refractivity contribution >= 4 is 22.4 Å². The monoisotopic (exact) mass is 211 g/mol. The molecule has 0 aromatic carbocycles. The van der Waals surface area contributed by atoms with Crippen LogP contribution in [0.25, 0.3) is 0 Å². The van der Waals surface area contributed by atoms with E-state index in [-0.39, 0.29) is 5.91 Å². The van der Waals surface area contributed by atoms with Gasteiger partial charge in [0.05, 0.1) is 5.69 Å². The van der Waals surface area contributed by atoms with Gasteiger partial charge in [-0.3, -0.25) is 9.69 Å². The zero-order valence-corrected chi connectivity index (χ0v) is 8.88. The third kappa shape index (κ3) is 1.65. The molecule has 1 aliphatic rings. The Morgan fingerprint density at radius 1 is 1.79 bits per heavy atom. The van der Waals surface area contributed by atoms with Crippen LogP contribution in [0.1, 0.15) is 12.1 Å².